The molecule has 0 spiro atoms. The first-order valence-corrected chi connectivity index (χ1v) is 7.25. The Kier molecular flexibility index (Phi) is 5.71. The van der Waals surface area contributed by atoms with E-state index in [-0.39, 0.29) is 12.3 Å². The minimum absolute atomic E-state index is 0.166. The van der Waals surface area contributed by atoms with E-state index >= 15 is 0 Å². The van der Waals surface area contributed by atoms with Gasteiger partial charge < -0.3 is 10.1 Å². The second-order valence-corrected chi connectivity index (χ2v) is 4.84. The lowest BCUT2D eigenvalue weighted by molar-refractivity contribution is -0.115. The number of rotatable bonds is 7. The molecule has 0 aliphatic carbocycles. The van der Waals surface area contributed by atoms with Crippen LogP contribution in [0.25, 0.3) is 0 Å². The largest absolute Gasteiger partial charge is 0.462 e. The fraction of sp³-hybridized carbons (Fsp3) is 0.312. The average molecular weight is 301 g/mol. The number of carbonyl (C=O) groups excluding carboxylic acids is 2. The number of H-pyrrole nitrogens is 1. The molecule has 2 rings (SSSR count). The van der Waals surface area contributed by atoms with Crippen molar-refractivity contribution < 1.29 is 14.3 Å². The third-order valence-corrected chi connectivity index (χ3v) is 3.06. The second-order valence-electron chi connectivity index (χ2n) is 4.84. The number of benzene rings is 1. The summed E-state index contributed by atoms with van der Waals surface area (Å²) < 4.78 is 5.19. The van der Waals surface area contributed by atoms with Crippen LogP contribution in [0.2, 0.25) is 0 Å². The number of ether oxygens (including phenoxy) is 1. The lowest BCUT2D eigenvalue weighted by Gasteiger charge is -2.10. The molecule has 0 atom stereocenters. The zero-order chi connectivity index (χ0) is 15.8. The number of hydrogen-bond acceptors (Lipinski definition) is 4. The highest BCUT2D eigenvalue weighted by molar-refractivity contribution is 6.01. The molecule has 0 aliphatic rings. The van der Waals surface area contributed by atoms with Gasteiger partial charge in [0.1, 0.15) is 0 Å². The number of anilines is 1. The molecule has 0 unspecified atom stereocenters. The number of hydrogen-bond donors (Lipinski definition) is 2. The van der Waals surface area contributed by atoms with Crippen molar-refractivity contribution in [2.45, 2.75) is 26.2 Å². The van der Waals surface area contributed by atoms with Gasteiger partial charge in [-0.15, -0.1) is 0 Å². The average Bonchev–Trinajstić information content (AvgIpc) is 3.00. The molecule has 0 radical (unpaired) electrons. The normalized spacial score (nSPS) is 10.2. The van der Waals surface area contributed by atoms with Gasteiger partial charge in [0.25, 0.3) is 0 Å². The third kappa shape index (κ3) is 4.44. The summed E-state index contributed by atoms with van der Waals surface area (Å²) in [5, 5.41) is 9.25. The third-order valence-electron chi connectivity index (χ3n) is 3.06. The summed E-state index contributed by atoms with van der Waals surface area (Å²) in [4.78, 5) is 24.1. The molecule has 1 heterocycles. The first kappa shape index (κ1) is 15.8. The summed E-state index contributed by atoms with van der Waals surface area (Å²) in [7, 11) is 0. The molecule has 0 saturated heterocycles. The van der Waals surface area contributed by atoms with E-state index < -0.39 is 5.97 Å². The molecular weight excluding hydrogens is 282 g/mol. The van der Waals surface area contributed by atoms with Crippen molar-refractivity contribution in [1.82, 2.24) is 10.2 Å². The van der Waals surface area contributed by atoms with E-state index in [0.717, 1.165) is 12.8 Å². The Morgan fingerprint density at radius 1 is 1.27 bits per heavy atom. The van der Waals surface area contributed by atoms with Gasteiger partial charge in [-0.25, -0.2) is 4.79 Å². The fourth-order valence-corrected chi connectivity index (χ4v) is 1.91. The minimum Gasteiger partial charge on any atom is -0.462 e. The molecule has 0 bridgehead atoms. The van der Waals surface area contributed by atoms with Crippen LogP contribution in [0.5, 0.6) is 0 Å². The lowest BCUT2D eigenvalue weighted by Crippen LogP contribution is -2.18. The molecule has 6 nitrogen and oxygen atoms in total. The van der Waals surface area contributed by atoms with Crippen LogP contribution < -0.4 is 5.32 Å². The lowest BCUT2D eigenvalue weighted by atomic mass is 10.1. The Bertz CT molecular complexity index is 623. The van der Waals surface area contributed by atoms with Crippen molar-refractivity contribution in [3.8, 4) is 0 Å². The Hall–Kier alpha value is -2.63. The van der Waals surface area contributed by atoms with Crippen LogP contribution in [0, 0.1) is 0 Å². The number of carbonyl (C=O) groups is 2. The fourth-order valence-electron chi connectivity index (χ4n) is 1.91. The van der Waals surface area contributed by atoms with Gasteiger partial charge in [-0.05, 0) is 24.6 Å². The monoisotopic (exact) mass is 301 g/mol. The van der Waals surface area contributed by atoms with Gasteiger partial charge in [0.05, 0.1) is 24.3 Å². The van der Waals surface area contributed by atoms with E-state index in [4.69, 9.17) is 4.74 Å². The number of nitrogens with one attached hydrogen (secondary N) is 2. The number of aromatic amines is 1. The maximum Gasteiger partial charge on any atom is 0.340 e. The number of amides is 1. The van der Waals surface area contributed by atoms with E-state index in [1.165, 1.54) is 0 Å². The quantitative estimate of drug-likeness (QED) is 0.608. The van der Waals surface area contributed by atoms with Gasteiger partial charge in [0, 0.05) is 11.9 Å². The zero-order valence-electron chi connectivity index (χ0n) is 12.5. The van der Waals surface area contributed by atoms with E-state index in [0.29, 0.717) is 23.6 Å². The molecule has 6 heteroatoms. The molecule has 0 saturated carbocycles. The molecule has 0 fully saturated rings. The summed E-state index contributed by atoms with van der Waals surface area (Å²) in [5.41, 5.74) is 1.52. The summed E-state index contributed by atoms with van der Waals surface area (Å²) >= 11 is 0. The van der Waals surface area contributed by atoms with Crippen molar-refractivity contribution in [2.24, 2.45) is 0 Å². The summed E-state index contributed by atoms with van der Waals surface area (Å²) in [5.74, 6) is -0.649. The maximum absolute atomic E-state index is 12.0. The standard InChI is InChI=1S/C16H19N3O3/c1-2-3-10-22-16(21)13-6-4-5-7-14(13)18-15(20)11-12-8-9-17-19-12/h4-9H,2-3,10-11H2,1H3,(H,17,19)(H,18,20). The number of para-hydroxylation sites is 1. The van der Waals surface area contributed by atoms with Gasteiger partial charge in [-0.3, -0.25) is 9.89 Å². The van der Waals surface area contributed by atoms with Crippen molar-refractivity contribution in [2.75, 3.05) is 11.9 Å². The summed E-state index contributed by atoms with van der Waals surface area (Å²) in [6.07, 6.45) is 3.52. The topological polar surface area (TPSA) is 84.1 Å². The number of unbranched alkanes of at least 4 members (excludes halogenated alkanes) is 1. The predicted octanol–water partition coefficient (Wildman–Crippen LogP) is 2.55. The van der Waals surface area contributed by atoms with Gasteiger partial charge >= 0.3 is 5.97 Å². The van der Waals surface area contributed by atoms with E-state index in [2.05, 4.69) is 15.5 Å². The van der Waals surface area contributed by atoms with E-state index in [1.54, 1.807) is 36.5 Å². The number of esters is 1. The van der Waals surface area contributed by atoms with Crippen LogP contribution >= 0.6 is 0 Å². The van der Waals surface area contributed by atoms with Crippen molar-refractivity contribution >= 4 is 17.6 Å². The molecule has 1 aromatic heterocycles. The molecule has 116 valence electrons. The van der Waals surface area contributed by atoms with Crippen molar-refractivity contribution in [3.05, 3.63) is 47.8 Å². The number of nitrogens with zero attached hydrogens (tertiary/aromatic N) is 1. The van der Waals surface area contributed by atoms with Crippen molar-refractivity contribution in [1.29, 1.82) is 0 Å². The molecule has 1 amide bonds. The SMILES string of the molecule is CCCCOC(=O)c1ccccc1NC(=O)Cc1ccn[nH]1. The highest BCUT2D eigenvalue weighted by Gasteiger charge is 2.14. The maximum atomic E-state index is 12.0. The zero-order valence-corrected chi connectivity index (χ0v) is 12.5. The highest BCUT2D eigenvalue weighted by atomic mass is 16.5. The molecule has 1 aromatic carbocycles. The predicted molar refractivity (Wildman–Crippen MR) is 82.6 cm³/mol. The molecule has 2 aromatic rings. The second kappa shape index (κ2) is 7.97. The van der Waals surface area contributed by atoms with Gasteiger partial charge in [-0.2, -0.15) is 5.10 Å². The van der Waals surface area contributed by atoms with E-state index in [9.17, 15) is 9.59 Å². The smallest absolute Gasteiger partial charge is 0.340 e. The van der Waals surface area contributed by atoms with Gasteiger partial charge in [0.15, 0.2) is 0 Å². The Morgan fingerprint density at radius 2 is 2.09 bits per heavy atom. The van der Waals surface area contributed by atoms with Crippen LogP contribution in [-0.2, 0) is 16.0 Å². The molecule has 2 N–H and O–H groups in total. The van der Waals surface area contributed by atoms with Crippen LogP contribution in [-0.4, -0.2) is 28.7 Å². The van der Waals surface area contributed by atoms with E-state index in [1.807, 2.05) is 6.92 Å². The van der Waals surface area contributed by atoms with Crippen LogP contribution in [0.15, 0.2) is 36.5 Å². The van der Waals surface area contributed by atoms with Crippen molar-refractivity contribution in [3.63, 3.8) is 0 Å². The van der Waals surface area contributed by atoms with Crippen LogP contribution in [0.1, 0.15) is 35.8 Å². The first-order valence-electron chi connectivity index (χ1n) is 7.25. The Labute approximate surface area is 128 Å². The van der Waals surface area contributed by atoms with Gasteiger partial charge in [-0.1, -0.05) is 25.5 Å². The Morgan fingerprint density at radius 3 is 2.82 bits per heavy atom. The summed E-state index contributed by atoms with van der Waals surface area (Å²) in [6.45, 7) is 2.41. The molecular formula is C16H19N3O3. The van der Waals surface area contributed by atoms with Crippen LogP contribution in [0.3, 0.4) is 0 Å². The molecule has 22 heavy (non-hydrogen) atoms. The van der Waals surface area contributed by atoms with Gasteiger partial charge in [0.2, 0.25) is 5.91 Å². The number of aromatic nitrogens is 2. The Balaban J connectivity index is 2.01. The van der Waals surface area contributed by atoms with Crippen LogP contribution in [0.4, 0.5) is 5.69 Å². The first-order chi connectivity index (χ1) is 10.7. The summed E-state index contributed by atoms with van der Waals surface area (Å²) in [6, 6.07) is 8.54. The minimum atomic E-state index is -0.425. The highest BCUT2D eigenvalue weighted by Crippen LogP contribution is 2.16. The molecule has 0 aliphatic heterocycles.